The fraction of sp³-hybridized carbons (Fsp3) is 0.917. The second-order valence-corrected chi connectivity index (χ2v) is 6.80. The summed E-state index contributed by atoms with van der Waals surface area (Å²) >= 11 is 0. The lowest BCUT2D eigenvalue weighted by Gasteiger charge is -2.30. The number of piperidine rings is 1. The largest absolute Gasteiger partial charge is 0.338 e. The van der Waals surface area contributed by atoms with Gasteiger partial charge in [-0.3, -0.25) is 4.21 Å². The molecule has 0 spiro atoms. The van der Waals surface area contributed by atoms with E-state index in [1.54, 1.807) is 6.26 Å². The molecule has 0 radical (unpaired) electrons. The summed E-state index contributed by atoms with van der Waals surface area (Å²) in [5.41, 5.74) is 0. The second kappa shape index (κ2) is 6.99. The first-order valence-electron chi connectivity index (χ1n) is 6.35. The Labute approximate surface area is 107 Å². The normalized spacial score (nSPS) is 21.0. The van der Waals surface area contributed by atoms with Gasteiger partial charge in [0, 0.05) is 41.9 Å². The Morgan fingerprint density at radius 1 is 1.47 bits per heavy atom. The van der Waals surface area contributed by atoms with Crippen LogP contribution in [0.3, 0.4) is 0 Å². The summed E-state index contributed by atoms with van der Waals surface area (Å²) in [6.45, 7) is 6.52. The van der Waals surface area contributed by atoms with E-state index in [2.05, 4.69) is 12.2 Å². The van der Waals surface area contributed by atoms with Gasteiger partial charge in [0.1, 0.15) is 0 Å². The van der Waals surface area contributed by atoms with Crippen LogP contribution in [0.15, 0.2) is 0 Å². The minimum absolute atomic E-state index is 0.0333. The van der Waals surface area contributed by atoms with Crippen molar-refractivity contribution in [3.8, 4) is 0 Å². The summed E-state index contributed by atoms with van der Waals surface area (Å²) in [5, 5.41) is 3.06. The van der Waals surface area contributed by atoms with Crippen molar-refractivity contribution >= 4 is 16.8 Å². The van der Waals surface area contributed by atoms with Gasteiger partial charge in [-0.05, 0) is 25.2 Å². The Morgan fingerprint density at radius 2 is 2.06 bits per heavy atom. The van der Waals surface area contributed by atoms with Gasteiger partial charge in [0.05, 0.1) is 0 Å². The average Bonchev–Trinajstić information content (AvgIpc) is 2.29. The summed E-state index contributed by atoms with van der Waals surface area (Å²) in [7, 11) is -0.799. The maximum absolute atomic E-state index is 11.8. The first-order chi connectivity index (χ1) is 8.00. The zero-order chi connectivity index (χ0) is 12.8. The number of carbonyl (C=O) groups excluding carboxylic acids is 1. The molecule has 2 amide bonds. The Balaban J connectivity index is 2.19. The molecule has 0 saturated carbocycles. The highest BCUT2D eigenvalue weighted by Crippen LogP contribution is 2.15. The number of nitrogens with zero attached hydrogens (tertiary/aromatic N) is 1. The zero-order valence-electron chi connectivity index (χ0n) is 11.1. The van der Waals surface area contributed by atoms with Crippen LogP contribution >= 0.6 is 0 Å². The number of urea groups is 1. The Hall–Kier alpha value is -0.580. The van der Waals surface area contributed by atoms with E-state index in [0.717, 1.165) is 38.3 Å². The Bertz CT molecular complexity index is 276. The van der Waals surface area contributed by atoms with Crippen LogP contribution < -0.4 is 5.32 Å². The fourth-order valence-electron chi connectivity index (χ4n) is 1.87. The molecule has 1 aliphatic heterocycles. The second-order valence-electron chi connectivity index (χ2n) is 5.00. The van der Waals surface area contributed by atoms with E-state index < -0.39 is 10.8 Å². The van der Waals surface area contributed by atoms with Gasteiger partial charge < -0.3 is 10.2 Å². The van der Waals surface area contributed by atoms with Gasteiger partial charge in [-0.1, -0.05) is 13.8 Å². The van der Waals surface area contributed by atoms with Crippen LogP contribution in [0.4, 0.5) is 4.79 Å². The molecule has 0 aromatic carbocycles. The van der Waals surface area contributed by atoms with Crippen LogP contribution in [0.25, 0.3) is 0 Å². The number of hydrogen-bond donors (Lipinski definition) is 1. The van der Waals surface area contributed by atoms with E-state index in [1.807, 2.05) is 11.8 Å². The van der Waals surface area contributed by atoms with E-state index in [4.69, 9.17) is 0 Å². The molecule has 1 fully saturated rings. The quantitative estimate of drug-likeness (QED) is 0.834. The van der Waals surface area contributed by atoms with Crippen LogP contribution in [0, 0.1) is 5.92 Å². The zero-order valence-corrected chi connectivity index (χ0v) is 11.9. The molecule has 2 atom stereocenters. The maximum atomic E-state index is 11.8. The Kier molecular flexibility index (Phi) is 5.95. The van der Waals surface area contributed by atoms with E-state index in [0.29, 0.717) is 6.54 Å². The average molecular weight is 260 g/mol. The number of carbonyl (C=O) groups is 1. The van der Waals surface area contributed by atoms with Crippen molar-refractivity contribution < 1.29 is 9.00 Å². The molecule has 0 aromatic rings. The molecule has 17 heavy (non-hydrogen) atoms. The molecule has 1 heterocycles. The Morgan fingerprint density at radius 3 is 2.59 bits per heavy atom. The highest BCUT2D eigenvalue weighted by molar-refractivity contribution is 7.84. The van der Waals surface area contributed by atoms with Gasteiger partial charge in [0.15, 0.2) is 0 Å². The van der Waals surface area contributed by atoms with Crippen LogP contribution in [-0.2, 0) is 10.8 Å². The van der Waals surface area contributed by atoms with Crippen molar-refractivity contribution in [2.24, 2.45) is 5.92 Å². The van der Waals surface area contributed by atoms with Crippen molar-refractivity contribution in [1.82, 2.24) is 10.2 Å². The first kappa shape index (κ1) is 14.5. The molecule has 1 rings (SSSR count). The molecule has 1 aliphatic rings. The van der Waals surface area contributed by atoms with Crippen LogP contribution in [-0.4, -0.2) is 46.3 Å². The van der Waals surface area contributed by atoms with Crippen LogP contribution in [0.1, 0.15) is 33.1 Å². The fourth-order valence-corrected chi connectivity index (χ4v) is 2.32. The molecular weight excluding hydrogens is 236 g/mol. The molecule has 0 bridgehead atoms. The molecule has 1 saturated heterocycles. The molecule has 0 aromatic heterocycles. The van der Waals surface area contributed by atoms with E-state index in [9.17, 15) is 9.00 Å². The van der Waals surface area contributed by atoms with Crippen LogP contribution in [0.5, 0.6) is 0 Å². The highest BCUT2D eigenvalue weighted by atomic mass is 32.2. The number of amides is 2. The van der Waals surface area contributed by atoms with E-state index in [-0.39, 0.29) is 11.3 Å². The lowest BCUT2D eigenvalue weighted by molar-refractivity contribution is 0.174. The molecule has 0 aliphatic carbocycles. The topological polar surface area (TPSA) is 49.4 Å². The number of hydrogen-bond acceptors (Lipinski definition) is 2. The minimum atomic E-state index is -0.799. The van der Waals surface area contributed by atoms with Gasteiger partial charge in [0.2, 0.25) is 0 Å². The standard InChI is InChI=1S/C12H24N2O2S/c1-10-5-8-14(9-6-10)12(15)13-7-4-11(2)17(3)16/h10-11H,4-9H2,1-3H3,(H,13,15). The predicted molar refractivity (Wildman–Crippen MR) is 71.5 cm³/mol. The number of rotatable bonds is 4. The molecular formula is C12H24N2O2S. The van der Waals surface area contributed by atoms with Crippen molar-refractivity contribution in [3.05, 3.63) is 0 Å². The SMILES string of the molecule is CC1CCN(C(=O)NCCC(C)S(C)=O)CC1. The third kappa shape index (κ3) is 5.06. The lowest BCUT2D eigenvalue weighted by Crippen LogP contribution is -2.44. The van der Waals surface area contributed by atoms with Gasteiger partial charge in [-0.25, -0.2) is 4.79 Å². The molecule has 1 N–H and O–H groups in total. The van der Waals surface area contributed by atoms with Gasteiger partial charge in [-0.15, -0.1) is 0 Å². The van der Waals surface area contributed by atoms with Crippen molar-refractivity contribution in [2.45, 2.75) is 38.4 Å². The minimum Gasteiger partial charge on any atom is -0.338 e. The van der Waals surface area contributed by atoms with Crippen molar-refractivity contribution in [2.75, 3.05) is 25.9 Å². The maximum Gasteiger partial charge on any atom is 0.317 e. The lowest BCUT2D eigenvalue weighted by atomic mass is 10.00. The van der Waals surface area contributed by atoms with E-state index >= 15 is 0 Å². The molecule has 100 valence electrons. The summed E-state index contributed by atoms with van der Waals surface area (Å²) < 4.78 is 11.1. The summed E-state index contributed by atoms with van der Waals surface area (Å²) in [5.74, 6) is 0.738. The number of likely N-dealkylation sites (tertiary alicyclic amines) is 1. The number of nitrogens with one attached hydrogen (secondary N) is 1. The van der Waals surface area contributed by atoms with Crippen molar-refractivity contribution in [1.29, 1.82) is 0 Å². The smallest absolute Gasteiger partial charge is 0.317 e. The highest BCUT2D eigenvalue weighted by Gasteiger charge is 2.19. The van der Waals surface area contributed by atoms with Gasteiger partial charge in [-0.2, -0.15) is 0 Å². The monoisotopic (exact) mass is 260 g/mol. The molecule has 2 unspecified atom stereocenters. The summed E-state index contributed by atoms with van der Waals surface area (Å²) in [6.07, 6.45) is 4.68. The predicted octanol–water partition coefficient (Wildman–Crippen LogP) is 1.59. The van der Waals surface area contributed by atoms with E-state index in [1.165, 1.54) is 0 Å². The van der Waals surface area contributed by atoms with Gasteiger partial charge >= 0.3 is 6.03 Å². The van der Waals surface area contributed by atoms with Crippen molar-refractivity contribution in [3.63, 3.8) is 0 Å². The third-order valence-corrected chi connectivity index (χ3v) is 4.83. The summed E-state index contributed by atoms with van der Waals surface area (Å²) in [6, 6.07) is 0.0333. The first-order valence-corrected chi connectivity index (χ1v) is 7.98. The summed E-state index contributed by atoms with van der Waals surface area (Å²) in [4.78, 5) is 13.7. The van der Waals surface area contributed by atoms with Gasteiger partial charge in [0.25, 0.3) is 0 Å². The third-order valence-electron chi connectivity index (χ3n) is 3.46. The molecule has 4 nitrogen and oxygen atoms in total. The molecule has 5 heteroatoms. The van der Waals surface area contributed by atoms with Crippen LogP contribution in [0.2, 0.25) is 0 Å².